The number of carbonyl (C=O) groups excluding carboxylic acids is 1. The summed E-state index contributed by atoms with van der Waals surface area (Å²) in [5, 5.41) is 3.60. The van der Waals surface area contributed by atoms with Crippen LogP contribution in [0.3, 0.4) is 0 Å². The molecule has 20 heavy (non-hydrogen) atoms. The molecule has 1 heterocycles. The number of anilines is 3. The first-order valence-corrected chi connectivity index (χ1v) is 7.03. The molecule has 7 heteroatoms. The number of nitrogens with zero attached hydrogens (tertiary/aromatic N) is 1. The van der Waals surface area contributed by atoms with E-state index in [4.69, 9.17) is 17.3 Å². The van der Waals surface area contributed by atoms with Crippen LogP contribution in [-0.2, 0) is 4.74 Å². The minimum atomic E-state index is -0.512. The van der Waals surface area contributed by atoms with Gasteiger partial charge in [0.1, 0.15) is 5.82 Å². The smallest absolute Gasteiger partial charge is 0.340 e. The Bertz CT molecular complexity index is 664. The highest BCUT2D eigenvalue weighted by Gasteiger charge is 2.12. The molecule has 0 unspecified atom stereocenters. The number of nitrogen functional groups attached to an aromatic ring is 1. The quantitative estimate of drug-likeness (QED) is 0.606. The number of halogens is 2. The Morgan fingerprint density at radius 2 is 2.20 bits per heavy atom. The van der Waals surface area contributed by atoms with Crippen LogP contribution in [0.4, 0.5) is 17.2 Å². The van der Waals surface area contributed by atoms with Crippen molar-refractivity contribution in [2.75, 3.05) is 18.2 Å². The molecule has 2 aromatic rings. The van der Waals surface area contributed by atoms with Crippen LogP contribution in [0, 0.1) is 3.57 Å². The van der Waals surface area contributed by atoms with Crippen molar-refractivity contribution in [2.24, 2.45) is 0 Å². The number of hydrogen-bond acceptors (Lipinski definition) is 5. The fourth-order valence-electron chi connectivity index (χ4n) is 1.55. The summed E-state index contributed by atoms with van der Waals surface area (Å²) in [4.78, 5) is 15.7. The Morgan fingerprint density at radius 1 is 1.45 bits per heavy atom. The van der Waals surface area contributed by atoms with Gasteiger partial charge in [-0.1, -0.05) is 11.6 Å². The van der Waals surface area contributed by atoms with Crippen molar-refractivity contribution in [1.82, 2.24) is 4.98 Å². The zero-order valence-electron chi connectivity index (χ0n) is 10.5. The molecular formula is C13H11ClIN3O2. The predicted molar refractivity (Wildman–Crippen MR) is 87.4 cm³/mol. The van der Waals surface area contributed by atoms with Gasteiger partial charge in [-0.05, 0) is 46.9 Å². The Hall–Kier alpha value is -1.54. The maximum atomic E-state index is 11.6. The summed E-state index contributed by atoms with van der Waals surface area (Å²) >= 11 is 8.30. The fourth-order valence-corrected chi connectivity index (χ4v) is 2.45. The Morgan fingerprint density at radius 3 is 2.85 bits per heavy atom. The van der Waals surface area contributed by atoms with Gasteiger partial charge in [-0.15, -0.1) is 0 Å². The third-order valence-corrected chi connectivity index (χ3v) is 3.52. The number of nitrogens with one attached hydrogen (secondary N) is 1. The van der Waals surface area contributed by atoms with Crippen LogP contribution >= 0.6 is 34.2 Å². The molecule has 0 aliphatic heterocycles. The molecule has 3 N–H and O–H groups in total. The lowest BCUT2D eigenvalue weighted by Crippen LogP contribution is -2.07. The number of hydrogen-bond donors (Lipinski definition) is 2. The number of benzene rings is 1. The van der Waals surface area contributed by atoms with Crippen molar-refractivity contribution in [3.63, 3.8) is 0 Å². The van der Waals surface area contributed by atoms with Gasteiger partial charge in [-0.3, -0.25) is 0 Å². The molecule has 0 aliphatic carbocycles. The Kier molecular flexibility index (Phi) is 4.66. The van der Waals surface area contributed by atoms with Gasteiger partial charge in [0.2, 0.25) is 0 Å². The highest BCUT2D eigenvalue weighted by molar-refractivity contribution is 14.1. The van der Waals surface area contributed by atoms with Crippen molar-refractivity contribution in [2.45, 2.75) is 0 Å². The van der Waals surface area contributed by atoms with Gasteiger partial charge in [0.05, 0.1) is 35.3 Å². The number of esters is 1. The minimum absolute atomic E-state index is 0.256. The molecular weight excluding hydrogens is 393 g/mol. The highest BCUT2D eigenvalue weighted by Crippen LogP contribution is 2.27. The van der Waals surface area contributed by atoms with Crippen LogP contribution < -0.4 is 11.1 Å². The molecule has 0 aliphatic rings. The second-order valence-corrected chi connectivity index (χ2v) is 5.55. The first-order valence-electron chi connectivity index (χ1n) is 5.57. The zero-order chi connectivity index (χ0) is 14.7. The molecule has 0 amide bonds. The second kappa shape index (κ2) is 6.27. The first kappa shape index (κ1) is 14.9. The average Bonchev–Trinajstić information content (AvgIpc) is 2.43. The third-order valence-electron chi connectivity index (χ3n) is 2.53. The standard InChI is InChI=1S/C13H11ClIN3O2/c1-20-13(19)8-5-12(17-6-10(8)16)18-11-3-2-7(15)4-9(11)14/h2-6H,16H2,1H3,(H,17,18). The van der Waals surface area contributed by atoms with E-state index in [1.807, 2.05) is 18.2 Å². The molecule has 0 saturated carbocycles. The number of rotatable bonds is 3. The third kappa shape index (κ3) is 3.31. The van der Waals surface area contributed by atoms with Crippen LogP contribution in [-0.4, -0.2) is 18.1 Å². The lowest BCUT2D eigenvalue weighted by molar-refractivity contribution is 0.0602. The first-order chi connectivity index (χ1) is 9.51. The molecule has 1 aromatic heterocycles. The van der Waals surface area contributed by atoms with E-state index in [0.29, 0.717) is 16.5 Å². The van der Waals surface area contributed by atoms with Crippen LogP contribution in [0.25, 0.3) is 0 Å². The number of pyridine rings is 1. The maximum absolute atomic E-state index is 11.6. The molecule has 0 spiro atoms. The summed E-state index contributed by atoms with van der Waals surface area (Å²) in [7, 11) is 1.30. The van der Waals surface area contributed by atoms with Crippen molar-refractivity contribution < 1.29 is 9.53 Å². The van der Waals surface area contributed by atoms with E-state index < -0.39 is 5.97 Å². The van der Waals surface area contributed by atoms with Gasteiger partial charge in [-0.25, -0.2) is 9.78 Å². The topological polar surface area (TPSA) is 77.2 Å². The van der Waals surface area contributed by atoms with Crippen molar-refractivity contribution in [1.29, 1.82) is 0 Å². The summed E-state index contributed by atoms with van der Waals surface area (Å²) in [6.45, 7) is 0. The number of methoxy groups -OCH3 is 1. The van der Waals surface area contributed by atoms with E-state index in [1.165, 1.54) is 19.4 Å². The van der Waals surface area contributed by atoms with E-state index in [1.54, 1.807) is 0 Å². The molecule has 0 bridgehead atoms. The van der Waals surface area contributed by atoms with Crippen LogP contribution in [0.1, 0.15) is 10.4 Å². The monoisotopic (exact) mass is 403 g/mol. The number of nitrogens with two attached hydrogens (primary N) is 1. The average molecular weight is 404 g/mol. The maximum Gasteiger partial charge on any atom is 0.340 e. The van der Waals surface area contributed by atoms with E-state index in [-0.39, 0.29) is 11.3 Å². The zero-order valence-corrected chi connectivity index (χ0v) is 13.4. The second-order valence-electron chi connectivity index (χ2n) is 3.90. The van der Waals surface area contributed by atoms with Crippen LogP contribution in [0.5, 0.6) is 0 Å². The number of aromatic nitrogens is 1. The van der Waals surface area contributed by atoms with E-state index in [0.717, 1.165) is 3.57 Å². The number of carbonyl (C=O) groups is 1. The molecule has 0 radical (unpaired) electrons. The molecule has 0 atom stereocenters. The lowest BCUT2D eigenvalue weighted by atomic mass is 10.2. The van der Waals surface area contributed by atoms with Crippen molar-refractivity contribution >= 4 is 57.4 Å². The lowest BCUT2D eigenvalue weighted by Gasteiger charge is -2.10. The van der Waals surface area contributed by atoms with Crippen molar-refractivity contribution in [3.05, 3.63) is 44.6 Å². The minimum Gasteiger partial charge on any atom is -0.465 e. The van der Waals surface area contributed by atoms with E-state index in [2.05, 4.69) is 37.6 Å². The SMILES string of the molecule is COC(=O)c1cc(Nc2ccc(I)cc2Cl)ncc1N. The molecule has 5 nitrogen and oxygen atoms in total. The normalized spacial score (nSPS) is 10.2. The summed E-state index contributed by atoms with van der Waals surface area (Å²) in [5.74, 6) is -0.0515. The van der Waals surface area contributed by atoms with Crippen LogP contribution in [0.15, 0.2) is 30.5 Å². The molecule has 1 aromatic carbocycles. The summed E-state index contributed by atoms with van der Waals surface area (Å²) in [6, 6.07) is 7.09. The van der Waals surface area contributed by atoms with Gasteiger partial charge in [0.15, 0.2) is 0 Å². The van der Waals surface area contributed by atoms with Gasteiger partial charge in [-0.2, -0.15) is 0 Å². The highest BCUT2D eigenvalue weighted by atomic mass is 127. The molecule has 0 fully saturated rings. The van der Waals surface area contributed by atoms with Gasteiger partial charge in [0.25, 0.3) is 0 Å². The number of ether oxygens (including phenoxy) is 1. The summed E-state index contributed by atoms with van der Waals surface area (Å²) in [6.07, 6.45) is 1.40. The molecule has 2 rings (SSSR count). The fraction of sp³-hybridized carbons (Fsp3) is 0.0769. The predicted octanol–water partition coefficient (Wildman–Crippen LogP) is 3.45. The van der Waals surface area contributed by atoms with Crippen molar-refractivity contribution in [3.8, 4) is 0 Å². The Balaban J connectivity index is 2.32. The van der Waals surface area contributed by atoms with E-state index >= 15 is 0 Å². The Labute approximate surface area is 134 Å². The van der Waals surface area contributed by atoms with Crippen LogP contribution in [0.2, 0.25) is 5.02 Å². The molecule has 0 saturated heterocycles. The summed E-state index contributed by atoms with van der Waals surface area (Å²) < 4.78 is 5.69. The largest absolute Gasteiger partial charge is 0.465 e. The van der Waals surface area contributed by atoms with E-state index in [9.17, 15) is 4.79 Å². The van der Waals surface area contributed by atoms with Gasteiger partial charge >= 0.3 is 5.97 Å². The summed E-state index contributed by atoms with van der Waals surface area (Å²) in [5.41, 5.74) is 6.90. The van der Waals surface area contributed by atoms with Gasteiger partial charge < -0.3 is 15.8 Å². The molecule has 104 valence electrons. The van der Waals surface area contributed by atoms with Gasteiger partial charge in [0, 0.05) is 3.57 Å².